The van der Waals surface area contributed by atoms with Crippen LogP contribution in [0.5, 0.6) is 5.75 Å². The average Bonchev–Trinajstić information content (AvgIpc) is 3.78. The Morgan fingerprint density at radius 2 is 2.02 bits per heavy atom. The summed E-state index contributed by atoms with van der Waals surface area (Å²) in [6.45, 7) is 6.92. The number of benzene rings is 2. The van der Waals surface area contributed by atoms with Crippen molar-refractivity contribution < 1.29 is 14.3 Å². The molecule has 42 heavy (non-hydrogen) atoms. The molecule has 10 heteroatoms. The number of piperazine rings is 1. The fourth-order valence-electron chi connectivity index (χ4n) is 6.30. The second kappa shape index (κ2) is 11.2. The van der Waals surface area contributed by atoms with E-state index in [4.69, 9.17) is 14.5 Å². The maximum atomic E-state index is 14.0. The third-order valence-electron chi connectivity index (χ3n) is 8.59. The average molecular weight is 566 g/mol. The molecule has 10 nitrogen and oxygen atoms in total. The summed E-state index contributed by atoms with van der Waals surface area (Å²) in [4.78, 5) is 36.0. The van der Waals surface area contributed by atoms with Crippen LogP contribution in [0, 0.1) is 12.8 Å². The Hall–Kier alpha value is -4.28. The number of amides is 1. The highest BCUT2D eigenvalue weighted by atomic mass is 16.5. The van der Waals surface area contributed by atoms with Gasteiger partial charge in [-0.1, -0.05) is 12.1 Å². The van der Waals surface area contributed by atoms with Gasteiger partial charge in [0.15, 0.2) is 0 Å². The molecule has 2 saturated heterocycles. The summed E-state index contributed by atoms with van der Waals surface area (Å²) >= 11 is 0. The number of hydrogen-bond donors (Lipinski definition) is 1. The summed E-state index contributed by atoms with van der Waals surface area (Å²) in [5, 5.41) is 1.07. The van der Waals surface area contributed by atoms with Crippen molar-refractivity contribution in [1.82, 2.24) is 34.3 Å². The molecule has 1 unspecified atom stereocenters. The summed E-state index contributed by atoms with van der Waals surface area (Å²) in [7, 11) is 1.65. The Morgan fingerprint density at radius 3 is 2.88 bits per heavy atom. The molecule has 0 spiro atoms. The number of ether oxygens (including phenoxy) is 2. The van der Waals surface area contributed by atoms with Crippen molar-refractivity contribution in [3.8, 4) is 17.0 Å². The molecule has 2 aliphatic heterocycles. The second-order valence-electron chi connectivity index (χ2n) is 11.3. The molecule has 2 aromatic carbocycles. The highest BCUT2D eigenvalue weighted by Gasteiger charge is 2.35. The molecule has 0 radical (unpaired) electrons. The fourth-order valence-corrected chi connectivity index (χ4v) is 6.30. The third-order valence-corrected chi connectivity index (χ3v) is 8.59. The van der Waals surface area contributed by atoms with Gasteiger partial charge >= 0.3 is 0 Å². The molecule has 216 valence electrons. The van der Waals surface area contributed by atoms with E-state index in [-0.39, 0.29) is 18.5 Å². The second-order valence-corrected chi connectivity index (χ2v) is 11.3. The van der Waals surface area contributed by atoms with E-state index in [1.165, 1.54) is 0 Å². The van der Waals surface area contributed by atoms with Crippen molar-refractivity contribution in [3.05, 3.63) is 72.6 Å². The lowest BCUT2D eigenvalue weighted by Crippen LogP contribution is -2.52. The van der Waals surface area contributed by atoms with E-state index in [2.05, 4.69) is 38.1 Å². The van der Waals surface area contributed by atoms with Crippen LogP contribution in [0.3, 0.4) is 0 Å². The zero-order valence-corrected chi connectivity index (χ0v) is 24.0. The number of imidazole rings is 2. The molecule has 2 atom stereocenters. The predicted octanol–water partition coefficient (Wildman–Crippen LogP) is 4.21. The van der Waals surface area contributed by atoms with Crippen molar-refractivity contribution in [2.75, 3.05) is 46.5 Å². The Kier molecular flexibility index (Phi) is 7.09. The Bertz CT molecular complexity index is 1740. The van der Waals surface area contributed by atoms with E-state index in [0.717, 1.165) is 83.3 Å². The standard InChI is InChI=1S/C32H35N7O3/c1-21-35-27-8-6-25(41-2)15-29(27)39(21)19-31(40)38-12-11-37(17-22-9-13-42-20-22)18-30(38)32-34-16-28(36-32)24-5-7-26-23(14-24)4-3-10-33-26/h3-8,10,14-16,22,30H,9,11-13,17-20H2,1-2H3,(H,34,36)/t22?,30-/m0/s1. The molecular formula is C32H35N7O3. The number of aromatic amines is 1. The lowest BCUT2D eigenvalue weighted by molar-refractivity contribution is -0.137. The molecule has 0 saturated carbocycles. The molecule has 1 amide bonds. The van der Waals surface area contributed by atoms with E-state index in [1.54, 1.807) is 13.3 Å². The monoisotopic (exact) mass is 565 g/mol. The van der Waals surface area contributed by atoms with Gasteiger partial charge in [0.1, 0.15) is 30.0 Å². The minimum absolute atomic E-state index is 0.0452. The molecule has 5 aromatic rings. The summed E-state index contributed by atoms with van der Waals surface area (Å²) in [5.74, 6) is 2.91. The number of H-pyrrole nitrogens is 1. The SMILES string of the molecule is COc1ccc2nc(C)n(CC(=O)N3CCN(CC4CCOC4)C[C@H]3c3ncc(-c4ccc5ncccc5c4)[nH]3)c2c1. The first-order chi connectivity index (χ1) is 20.6. The van der Waals surface area contributed by atoms with Crippen LogP contribution in [0.25, 0.3) is 33.2 Å². The van der Waals surface area contributed by atoms with Gasteiger partial charge in [0.25, 0.3) is 0 Å². The van der Waals surface area contributed by atoms with Gasteiger partial charge in [-0.25, -0.2) is 9.97 Å². The van der Waals surface area contributed by atoms with Crippen LogP contribution in [0.2, 0.25) is 0 Å². The van der Waals surface area contributed by atoms with Crippen molar-refractivity contribution in [2.24, 2.45) is 5.92 Å². The van der Waals surface area contributed by atoms with Crippen LogP contribution >= 0.6 is 0 Å². The number of carbonyl (C=O) groups excluding carboxylic acids is 1. The minimum atomic E-state index is -0.200. The molecule has 7 rings (SSSR count). The molecule has 5 heterocycles. The number of fused-ring (bicyclic) bond motifs is 2. The van der Waals surface area contributed by atoms with Crippen LogP contribution in [0.15, 0.2) is 60.9 Å². The quantitative estimate of drug-likeness (QED) is 0.315. The fraction of sp³-hybridized carbons (Fsp3) is 0.375. The van der Waals surface area contributed by atoms with Crippen molar-refractivity contribution >= 4 is 27.8 Å². The van der Waals surface area contributed by atoms with Crippen LogP contribution in [0.4, 0.5) is 0 Å². The van der Waals surface area contributed by atoms with Gasteiger partial charge in [0, 0.05) is 56.0 Å². The zero-order valence-electron chi connectivity index (χ0n) is 24.0. The van der Waals surface area contributed by atoms with Crippen molar-refractivity contribution in [2.45, 2.75) is 25.9 Å². The van der Waals surface area contributed by atoms with Crippen molar-refractivity contribution in [3.63, 3.8) is 0 Å². The highest BCUT2D eigenvalue weighted by molar-refractivity contribution is 5.84. The first kappa shape index (κ1) is 26.6. The first-order valence-electron chi connectivity index (χ1n) is 14.6. The Balaban J connectivity index is 1.18. The van der Waals surface area contributed by atoms with Gasteiger partial charge < -0.3 is 23.9 Å². The maximum absolute atomic E-state index is 14.0. The number of carbonyl (C=O) groups is 1. The minimum Gasteiger partial charge on any atom is -0.497 e. The Morgan fingerprint density at radius 1 is 1.12 bits per heavy atom. The summed E-state index contributed by atoms with van der Waals surface area (Å²) < 4.78 is 13.1. The highest BCUT2D eigenvalue weighted by Crippen LogP contribution is 2.30. The molecule has 1 N–H and O–H groups in total. The lowest BCUT2D eigenvalue weighted by Gasteiger charge is -2.41. The number of nitrogens with zero attached hydrogens (tertiary/aromatic N) is 6. The third kappa shape index (κ3) is 5.12. The van der Waals surface area contributed by atoms with E-state index < -0.39 is 0 Å². The molecular weight excluding hydrogens is 530 g/mol. The number of rotatable bonds is 7. The van der Waals surface area contributed by atoms with Gasteiger partial charge in [0.2, 0.25) is 5.91 Å². The summed E-state index contributed by atoms with van der Waals surface area (Å²) in [5.41, 5.74) is 4.66. The van der Waals surface area contributed by atoms with E-state index >= 15 is 0 Å². The van der Waals surface area contributed by atoms with Gasteiger partial charge in [-0.05, 0) is 49.6 Å². The summed E-state index contributed by atoms with van der Waals surface area (Å²) in [6.07, 6.45) is 4.76. The first-order valence-corrected chi connectivity index (χ1v) is 14.6. The van der Waals surface area contributed by atoms with Gasteiger partial charge in [0.05, 0.1) is 42.2 Å². The van der Waals surface area contributed by atoms with Gasteiger partial charge in [-0.2, -0.15) is 0 Å². The van der Waals surface area contributed by atoms with Gasteiger partial charge in [-0.3, -0.25) is 14.7 Å². The normalized spacial score (nSPS) is 19.6. The topological polar surface area (TPSA) is 101 Å². The molecule has 0 aliphatic carbocycles. The summed E-state index contributed by atoms with van der Waals surface area (Å²) in [6, 6.07) is 15.8. The molecule has 2 aliphatic rings. The number of nitrogens with one attached hydrogen (secondary N) is 1. The lowest BCUT2D eigenvalue weighted by atomic mass is 10.1. The zero-order chi connectivity index (χ0) is 28.6. The Labute approximate surface area is 244 Å². The molecule has 0 bridgehead atoms. The van der Waals surface area contributed by atoms with Crippen LogP contribution in [-0.2, 0) is 16.1 Å². The molecule has 3 aromatic heterocycles. The number of methoxy groups -OCH3 is 1. The number of aromatic nitrogens is 5. The van der Waals surface area contributed by atoms with E-state index in [9.17, 15) is 4.79 Å². The van der Waals surface area contributed by atoms with Crippen LogP contribution < -0.4 is 4.74 Å². The predicted molar refractivity (Wildman–Crippen MR) is 160 cm³/mol. The van der Waals surface area contributed by atoms with E-state index in [0.29, 0.717) is 19.0 Å². The largest absolute Gasteiger partial charge is 0.497 e. The van der Waals surface area contributed by atoms with E-state index in [1.807, 2.05) is 52.9 Å². The molecule has 2 fully saturated rings. The van der Waals surface area contributed by atoms with Crippen LogP contribution in [-0.4, -0.2) is 86.7 Å². The number of pyridine rings is 1. The number of hydrogen-bond acceptors (Lipinski definition) is 7. The maximum Gasteiger partial charge on any atom is 0.243 e. The van der Waals surface area contributed by atoms with Crippen molar-refractivity contribution in [1.29, 1.82) is 0 Å². The van der Waals surface area contributed by atoms with Crippen LogP contribution in [0.1, 0.15) is 24.1 Å². The van der Waals surface area contributed by atoms with Gasteiger partial charge in [-0.15, -0.1) is 0 Å². The number of aryl methyl sites for hydroxylation is 1. The smallest absolute Gasteiger partial charge is 0.243 e.